The predicted octanol–water partition coefficient (Wildman–Crippen LogP) is 2.60. The number of nitrogens with one attached hydrogen (secondary N) is 1. The molecule has 0 spiro atoms. The van der Waals surface area contributed by atoms with Crippen molar-refractivity contribution in [1.29, 1.82) is 0 Å². The minimum absolute atomic E-state index is 0.170. The van der Waals surface area contributed by atoms with Crippen LogP contribution < -0.4 is 9.62 Å². The highest BCUT2D eigenvalue weighted by Crippen LogP contribution is 2.30. The summed E-state index contributed by atoms with van der Waals surface area (Å²) in [7, 11) is -4.21. The molecule has 3 rings (SSSR count). The molecule has 2 N–H and O–H groups in total. The minimum atomic E-state index is -4.21. The summed E-state index contributed by atoms with van der Waals surface area (Å²) in [6.07, 6.45) is -0.508. The number of hydrogen-bond donors (Lipinski definition) is 2. The first-order valence-corrected chi connectivity index (χ1v) is 8.82. The van der Waals surface area contributed by atoms with Gasteiger partial charge in [0.15, 0.2) is 0 Å². The molecular weight excluding hydrogens is 351 g/mol. The maximum Gasteiger partial charge on any atom is 0.414 e. The van der Waals surface area contributed by atoms with Crippen LogP contribution in [-0.2, 0) is 14.8 Å². The Morgan fingerprint density at radius 2 is 2.00 bits per heavy atom. The van der Waals surface area contributed by atoms with Gasteiger partial charge in [0.25, 0.3) is 10.0 Å². The number of hydrogen-bond acceptors (Lipinski definition) is 5. The molecule has 2 aromatic carbocycles. The first-order chi connectivity index (χ1) is 11.8. The number of carbonyl (C=O) groups excluding carboxylic acids is 1. The lowest BCUT2D eigenvalue weighted by atomic mass is 10.1. The van der Waals surface area contributed by atoms with Crippen molar-refractivity contribution in [3.63, 3.8) is 0 Å². The van der Waals surface area contributed by atoms with Gasteiger partial charge in [0.2, 0.25) is 0 Å². The fraction of sp³-hybridized carbons (Fsp3) is 0.188. The van der Waals surface area contributed by atoms with Crippen LogP contribution in [0.4, 0.5) is 20.6 Å². The van der Waals surface area contributed by atoms with Crippen molar-refractivity contribution in [3.05, 3.63) is 47.8 Å². The highest BCUT2D eigenvalue weighted by atomic mass is 32.2. The van der Waals surface area contributed by atoms with E-state index in [2.05, 4.69) is 4.72 Å². The van der Waals surface area contributed by atoms with Crippen LogP contribution >= 0.6 is 0 Å². The Hall–Kier alpha value is -2.81. The van der Waals surface area contributed by atoms with Crippen LogP contribution in [0.3, 0.4) is 0 Å². The minimum Gasteiger partial charge on any atom is -0.507 e. The van der Waals surface area contributed by atoms with Crippen molar-refractivity contribution in [2.24, 2.45) is 0 Å². The number of aromatic hydroxyl groups is 1. The van der Waals surface area contributed by atoms with Crippen LogP contribution in [0.5, 0.6) is 5.75 Å². The molecule has 1 aliphatic rings. The zero-order valence-electron chi connectivity index (χ0n) is 13.2. The van der Waals surface area contributed by atoms with Crippen LogP contribution in [-0.4, -0.2) is 32.8 Å². The second kappa shape index (κ2) is 6.25. The zero-order chi connectivity index (χ0) is 18.2. The number of sulfonamides is 1. The summed E-state index contributed by atoms with van der Waals surface area (Å²) in [6.45, 7) is 2.39. The second-order valence-electron chi connectivity index (χ2n) is 5.48. The van der Waals surface area contributed by atoms with Gasteiger partial charge in [-0.15, -0.1) is 0 Å². The number of carbonyl (C=O) groups is 1. The largest absolute Gasteiger partial charge is 0.507 e. The van der Waals surface area contributed by atoms with Crippen molar-refractivity contribution in [1.82, 2.24) is 0 Å². The van der Waals surface area contributed by atoms with Crippen LogP contribution in [0.25, 0.3) is 0 Å². The van der Waals surface area contributed by atoms with Crippen LogP contribution in [0.1, 0.15) is 5.56 Å². The molecule has 1 saturated heterocycles. The lowest BCUT2D eigenvalue weighted by Crippen LogP contribution is -2.24. The molecule has 0 atom stereocenters. The number of amides is 1. The summed E-state index contributed by atoms with van der Waals surface area (Å²) < 4.78 is 45.3. The van der Waals surface area contributed by atoms with Gasteiger partial charge in [0, 0.05) is 0 Å². The Labute approximate surface area is 143 Å². The van der Waals surface area contributed by atoms with Gasteiger partial charge < -0.3 is 9.84 Å². The third-order valence-corrected chi connectivity index (χ3v) is 5.13. The lowest BCUT2D eigenvalue weighted by Gasteiger charge is -2.17. The quantitative estimate of drug-likeness (QED) is 0.867. The Morgan fingerprint density at radius 1 is 1.24 bits per heavy atom. The van der Waals surface area contributed by atoms with Crippen molar-refractivity contribution in [3.8, 4) is 5.75 Å². The summed E-state index contributed by atoms with van der Waals surface area (Å²) in [5.41, 5.74) is 1.44. The van der Waals surface area contributed by atoms with E-state index in [-0.39, 0.29) is 12.3 Å². The zero-order valence-corrected chi connectivity index (χ0v) is 14.0. The molecule has 0 aliphatic carbocycles. The van der Waals surface area contributed by atoms with Gasteiger partial charge in [-0.1, -0.05) is 6.07 Å². The topological polar surface area (TPSA) is 95.9 Å². The highest BCUT2D eigenvalue weighted by Gasteiger charge is 2.26. The Kier molecular flexibility index (Phi) is 4.25. The number of nitrogens with zero attached hydrogens (tertiary/aromatic N) is 1. The van der Waals surface area contributed by atoms with E-state index in [0.29, 0.717) is 12.2 Å². The standard InChI is InChI=1S/C16H15FN2O5S/c1-10-2-4-12(9-13(10)19-6-7-24-16(19)21)18-25(22,23)15-8-11(17)3-5-14(15)20/h2-5,8-9,18,20H,6-7H2,1H3. The van der Waals surface area contributed by atoms with Crippen molar-refractivity contribution >= 4 is 27.5 Å². The average Bonchev–Trinajstić information content (AvgIpc) is 2.97. The molecule has 1 amide bonds. The predicted molar refractivity (Wildman–Crippen MR) is 88.7 cm³/mol. The molecule has 1 aliphatic heterocycles. The first-order valence-electron chi connectivity index (χ1n) is 7.34. The van der Waals surface area contributed by atoms with Crippen LogP contribution in [0.2, 0.25) is 0 Å². The van der Waals surface area contributed by atoms with E-state index in [1.165, 1.54) is 17.0 Å². The van der Waals surface area contributed by atoms with Crippen molar-refractivity contribution < 1.29 is 27.4 Å². The normalized spacial score (nSPS) is 14.5. The van der Waals surface area contributed by atoms with Gasteiger partial charge in [0.05, 0.1) is 17.9 Å². The van der Waals surface area contributed by atoms with Crippen molar-refractivity contribution in [2.75, 3.05) is 22.8 Å². The maximum atomic E-state index is 13.3. The number of phenolic OH excluding ortho intramolecular Hbond substituents is 1. The lowest BCUT2D eigenvalue weighted by molar-refractivity contribution is 0.181. The summed E-state index contributed by atoms with van der Waals surface area (Å²) in [6, 6.07) is 7.28. The van der Waals surface area contributed by atoms with Gasteiger partial charge >= 0.3 is 6.09 Å². The van der Waals surface area contributed by atoms with Gasteiger partial charge in [0.1, 0.15) is 23.1 Å². The second-order valence-corrected chi connectivity index (χ2v) is 7.14. The summed E-state index contributed by atoms with van der Waals surface area (Å²) >= 11 is 0. The van der Waals surface area contributed by atoms with E-state index in [1.54, 1.807) is 13.0 Å². The molecule has 0 aromatic heterocycles. The number of ether oxygens (including phenoxy) is 1. The molecule has 2 aromatic rings. The molecule has 0 radical (unpaired) electrons. The molecular formula is C16H15FN2O5S. The number of cyclic esters (lactones) is 1. The summed E-state index contributed by atoms with van der Waals surface area (Å²) in [5.74, 6) is -1.35. The Balaban J connectivity index is 1.95. The van der Waals surface area contributed by atoms with E-state index < -0.39 is 32.6 Å². The SMILES string of the molecule is Cc1ccc(NS(=O)(=O)c2cc(F)ccc2O)cc1N1CCOC1=O. The fourth-order valence-electron chi connectivity index (χ4n) is 2.49. The number of benzene rings is 2. The van der Waals surface area contributed by atoms with Gasteiger partial charge in [-0.25, -0.2) is 17.6 Å². The maximum absolute atomic E-state index is 13.3. The van der Waals surface area contributed by atoms with E-state index in [9.17, 15) is 22.7 Å². The fourth-order valence-corrected chi connectivity index (χ4v) is 3.65. The molecule has 9 heteroatoms. The Bertz CT molecular complexity index is 946. The van der Waals surface area contributed by atoms with E-state index in [4.69, 9.17) is 4.74 Å². The van der Waals surface area contributed by atoms with E-state index in [0.717, 1.165) is 23.8 Å². The van der Waals surface area contributed by atoms with Crippen molar-refractivity contribution in [2.45, 2.75) is 11.8 Å². The first kappa shape index (κ1) is 17.0. The van der Waals surface area contributed by atoms with Gasteiger partial charge in [-0.3, -0.25) is 9.62 Å². The third kappa shape index (κ3) is 3.36. The van der Waals surface area contributed by atoms with Crippen LogP contribution in [0, 0.1) is 12.7 Å². The molecule has 0 unspecified atom stereocenters. The monoisotopic (exact) mass is 366 g/mol. The summed E-state index contributed by atoms with van der Waals surface area (Å²) in [5, 5.41) is 9.70. The summed E-state index contributed by atoms with van der Waals surface area (Å²) in [4.78, 5) is 12.5. The number of anilines is 2. The van der Waals surface area contributed by atoms with E-state index in [1.807, 2.05) is 0 Å². The molecule has 132 valence electrons. The average molecular weight is 366 g/mol. The molecule has 1 fully saturated rings. The number of rotatable bonds is 4. The van der Waals surface area contributed by atoms with Crippen LogP contribution in [0.15, 0.2) is 41.3 Å². The van der Waals surface area contributed by atoms with E-state index >= 15 is 0 Å². The molecule has 0 saturated carbocycles. The number of aryl methyl sites for hydroxylation is 1. The molecule has 0 bridgehead atoms. The molecule has 25 heavy (non-hydrogen) atoms. The smallest absolute Gasteiger partial charge is 0.414 e. The molecule has 1 heterocycles. The number of phenols is 1. The third-order valence-electron chi connectivity index (χ3n) is 3.72. The molecule has 7 nitrogen and oxygen atoms in total. The number of halogens is 1. The van der Waals surface area contributed by atoms with Gasteiger partial charge in [-0.05, 0) is 42.8 Å². The van der Waals surface area contributed by atoms with Gasteiger partial charge in [-0.2, -0.15) is 0 Å². The highest BCUT2D eigenvalue weighted by molar-refractivity contribution is 7.92. The Morgan fingerprint density at radius 3 is 2.68 bits per heavy atom.